The summed E-state index contributed by atoms with van der Waals surface area (Å²) in [5, 5.41) is 0. The van der Waals surface area contributed by atoms with Gasteiger partial charge in [-0.15, -0.1) is 0 Å². The predicted molar refractivity (Wildman–Crippen MR) is 72.6 cm³/mol. The minimum atomic E-state index is -3.33. The monoisotopic (exact) mass is 281 g/mol. The number of rotatable bonds is 3. The lowest BCUT2D eigenvalue weighted by molar-refractivity contribution is 0.414. The molecule has 1 aliphatic carbocycles. The van der Waals surface area contributed by atoms with Crippen molar-refractivity contribution >= 4 is 10.0 Å². The maximum absolute atomic E-state index is 12.6. The third-order valence-corrected chi connectivity index (χ3v) is 6.24. The normalized spacial score (nSPS) is 27.4. The van der Waals surface area contributed by atoms with Crippen LogP contribution >= 0.6 is 0 Å². The van der Waals surface area contributed by atoms with Crippen molar-refractivity contribution in [1.82, 2.24) is 4.31 Å². The number of nitrogens with zero attached hydrogens (tertiary/aromatic N) is 1. The highest BCUT2D eigenvalue weighted by Crippen LogP contribution is 2.39. The Labute approximate surface area is 114 Å². The van der Waals surface area contributed by atoms with Gasteiger partial charge in [0.25, 0.3) is 0 Å². The lowest BCUT2D eigenvalue weighted by atomic mass is 10.0. The predicted octanol–water partition coefficient (Wildman–Crippen LogP) is 2.12. The van der Waals surface area contributed by atoms with Gasteiger partial charge in [0.05, 0.1) is 12.0 Å². The Morgan fingerprint density at radius 2 is 1.68 bits per heavy atom. The van der Waals surface area contributed by atoms with Crippen LogP contribution in [0, 0.1) is 11.8 Å². The fourth-order valence-corrected chi connectivity index (χ4v) is 4.84. The molecule has 0 bridgehead atoms. The Bertz CT molecular complexity index is 541. The zero-order valence-electron chi connectivity index (χ0n) is 11.1. The Hall–Kier alpha value is -1.07. The van der Waals surface area contributed by atoms with Gasteiger partial charge in [0.2, 0.25) is 10.0 Å². The molecule has 5 heteroatoms. The Morgan fingerprint density at radius 1 is 1.11 bits per heavy atom. The van der Waals surface area contributed by atoms with E-state index in [9.17, 15) is 8.42 Å². The molecule has 104 valence electrons. The van der Waals surface area contributed by atoms with Gasteiger partial charge in [0.1, 0.15) is 5.75 Å². The number of fused-ring (bicyclic) bond motifs is 1. The van der Waals surface area contributed by atoms with Crippen molar-refractivity contribution in [2.24, 2.45) is 11.8 Å². The fraction of sp³-hybridized carbons (Fsp3) is 0.571. The topological polar surface area (TPSA) is 46.6 Å². The van der Waals surface area contributed by atoms with Crippen molar-refractivity contribution in [2.75, 3.05) is 20.2 Å². The Kier molecular flexibility index (Phi) is 3.27. The quantitative estimate of drug-likeness (QED) is 0.852. The number of sulfonamides is 1. The van der Waals surface area contributed by atoms with Crippen LogP contribution in [0.15, 0.2) is 29.2 Å². The molecule has 19 heavy (non-hydrogen) atoms. The van der Waals surface area contributed by atoms with E-state index in [2.05, 4.69) is 0 Å². The first-order chi connectivity index (χ1) is 9.11. The molecule has 1 saturated carbocycles. The van der Waals surface area contributed by atoms with E-state index in [0.717, 1.165) is 0 Å². The molecule has 0 N–H and O–H groups in total. The van der Waals surface area contributed by atoms with Gasteiger partial charge in [0, 0.05) is 13.1 Å². The molecule has 0 spiro atoms. The largest absolute Gasteiger partial charge is 0.497 e. The Balaban J connectivity index is 1.82. The van der Waals surface area contributed by atoms with Gasteiger partial charge >= 0.3 is 0 Å². The van der Waals surface area contributed by atoms with Crippen molar-refractivity contribution in [2.45, 2.75) is 24.2 Å². The zero-order chi connectivity index (χ0) is 13.5. The van der Waals surface area contributed by atoms with Crippen LogP contribution < -0.4 is 4.74 Å². The van der Waals surface area contributed by atoms with Crippen LogP contribution in [0.25, 0.3) is 0 Å². The highest BCUT2D eigenvalue weighted by atomic mass is 32.2. The molecule has 0 aromatic heterocycles. The summed E-state index contributed by atoms with van der Waals surface area (Å²) in [6, 6.07) is 6.65. The molecule has 0 amide bonds. The van der Waals surface area contributed by atoms with Crippen LogP contribution in [0.4, 0.5) is 0 Å². The van der Waals surface area contributed by atoms with E-state index >= 15 is 0 Å². The van der Waals surface area contributed by atoms with E-state index in [0.29, 0.717) is 35.6 Å². The third-order valence-electron chi connectivity index (χ3n) is 4.39. The molecule has 0 radical (unpaired) electrons. The third kappa shape index (κ3) is 2.25. The van der Waals surface area contributed by atoms with Gasteiger partial charge in [-0.25, -0.2) is 8.42 Å². The van der Waals surface area contributed by atoms with Crippen molar-refractivity contribution in [3.05, 3.63) is 24.3 Å². The highest BCUT2D eigenvalue weighted by molar-refractivity contribution is 7.89. The molecule has 4 nitrogen and oxygen atoms in total. The van der Waals surface area contributed by atoms with E-state index in [1.807, 2.05) is 0 Å². The van der Waals surface area contributed by atoms with Gasteiger partial charge in [-0.1, -0.05) is 6.42 Å². The molecule has 2 unspecified atom stereocenters. The van der Waals surface area contributed by atoms with Crippen LogP contribution in [-0.2, 0) is 10.0 Å². The second-order valence-corrected chi connectivity index (χ2v) is 7.39. The minimum absolute atomic E-state index is 0.369. The van der Waals surface area contributed by atoms with Crippen molar-refractivity contribution in [1.29, 1.82) is 0 Å². The summed E-state index contributed by atoms with van der Waals surface area (Å²) >= 11 is 0. The standard InChI is InChI=1S/C14H19NO3S/c1-18-13-5-7-14(8-6-13)19(16,17)15-9-11-3-2-4-12(11)10-15/h5-8,11-12H,2-4,9-10H2,1H3. The van der Waals surface area contributed by atoms with Crippen LogP contribution in [0.5, 0.6) is 5.75 Å². The number of benzene rings is 1. The van der Waals surface area contributed by atoms with E-state index in [-0.39, 0.29) is 0 Å². The van der Waals surface area contributed by atoms with Gasteiger partial charge in [-0.2, -0.15) is 4.31 Å². The summed E-state index contributed by atoms with van der Waals surface area (Å²) in [5.74, 6) is 1.83. The van der Waals surface area contributed by atoms with Gasteiger partial charge in [-0.05, 0) is 48.9 Å². The molecule has 1 aromatic rings. The fourth-order valence-electron chi connectivity index (χ4n) is 3.29. The van der Waals surface area contributed by atoms with Gasteiger partial charge in [0.15, 0.2) is 0 Å². The van der Waals surface area contributed by atoms with Crippen LogP contribution in [-0.4, -0.2) is 32.9 Å². The van der Waals surface area contributed by atoms with E-state index < -0.39 is 10.0 Å². The second kappa shape index (κ2) is 4.80. The lowest BCUT2D eigenvalue weighted by Gasteiger charge is -2.17. The number of ether oxygens (including phenoxy) is 1. The van der Waals surface area contributed by atoms with Crippen molar-refractivity contribution < 1.29 is 13.2 Å². The average molecular weight is 281 g/mol. The number of methoxy groups -OCH3 is 1. The highest BCUT2D eigenvalue weighted by Gasteiger charge is 2.41. The molecule has 1 heterocycles. The van der Waals surface area contributed by atoms with Crippen molar-refractivity contribution in [3.8, 4) is 5.75 Å². The summed E-state index contributed by atoms with van der Waals surface area (Å²) in [6.07, 6.45) is 3.62. The lowest BCUT2D eigenvalue weighted by Crippen LogP contribution is -2.29. The van der Waals surface area contributed by atoms with Crippen LogP contribution in [0.2, 0.25) is 0 Å². The second-order valence-electron chi connectivity index (χ2n) is 5.45. The molecule has 1 saturated heterocycles. The molecule has 1 aliphatic heterocycles. The van der Waals surface area contributed by atoms with E-state index in [1.165, 1.54) is 19.3 Å². The molecule has 3 rings (SSSR count). The molecular weight excluding hydrogens is 262 g/mol. The van der Waals surface area contributed by atoms with E-state index in [4.69, 9.17) is 4.74 Å². The molecule has 1 aromatic carbocycles. The average Bonchev–Trinajstić information content (AvgIpc) is 2.99. The van der Waals surface area contributed by atoms with Gasteiger partial charge < -0.3 is 4.74 Å². The molecule has 2 atom stereocenters. The first kappa shape index (κ1) is 12.9. The molecule has 2 fully saturated rings. The smallest absolute Gasteiger partial charge is 0.243 e. The summed E-state index contributed by atoms with van der Waals surface area (Å²) in [7, 11) is -1.75. The minimum Gasteiger partial charge on any atom is -0.497 e. The van der Waals surface area contributed by atoms with Crippen LogP contribution in [0.1, 0.15) is 19.3 Å². The maximum Gasteiger partial charge on any atom is 0.243 e. The first-order valence-corrected chi connectivity index (χ1v) is 8.19. The summed E-state index contributed by atoms with van der Waals surface area (Å²) in [5.41, 5.74) is 0. The van der Waals surface area contributed by atoms with Gasteiger partial charge in [-0.3, -0.25) is 0 Å². The SMILES string of the molecule is COc1ccc(S(=O)(=O)N2CC3CCCC3C2)cc1. The molecular formula is C14H19NO3S. The number of hydrogen-bond donors (Lipinski definition) is 0. The summed E-state index contributed by atoms with van der Waals surface area (Å²) < 4.78 is 31.8. The summed E-state index contributed by atoms with van der Waals surface area (Å²) in [4.78, 5) is 0.369. The number of hydrogen-bond acceptors (Lipinski definition) is 3. The van der Waals surface area contributed by atoms with E-state index in [1.54, 1.807) is 35.7 Å². The Morgan fingerprint density at radius 3 is 2.21 bits per heavy atom. The molecule has 2 aliphatic rings. The summed E-state index contributed by atoms with van der Waals surface area (Å²) in [6.45, 7) is 1.39. The van der Waals surface area contributed by atoms with Crippen LogP contribution in [0.3, 0.4) is 0 Å². The van der Waals surface area contributed by atoms with Crippen molar-refractivity contribution in [3.63, 3.8) is 0 Å². The zero-order valence-corrected chi connectivity index (χ0v) is 11.9. The maximum atomic E-state index is 12.6. The first-order valence-electron chi connectivity index (χ1n) is 6.75.